The Balaban J connectivity index is 1.63. The molecule has 5 nitrogen and oxygen atoms in total. The van der Waals surface area contributed by atoms with Gasteiger partial charge in [-0.3, -0.25) is 4.79 Å². The predicted octanol–water partition coefficient (Wildman–Crippen LogP) is 3.91. The van der Waals surface area contributed by atoms with Crippen molar-refractivity contribution in [2.45, 2.75) is 20.0 Å². The van der Waals surface area contributed by atoms with Crippen LogP contribution in [-0.2, 0) is 4.74 Å². The van der Waals surface area contributed by atoms with Gasteiger partial charge in [0.2, 0.25) is 0 Å². The first kappa shape index (κ1) is 18.1. The van der Waals surface area contributed by atoms with Crippen LogP contribution in [0.4, 0.5) is 11.4 Å². The second-order valence-corrected chi connectivity index (χ2v) is 7.49. The van der Waals surface area contributed by atoms with Gasteiger partial charge in [0.25, 0.3) is 5.91 Å². The largest absolute Gasteiger partial charge is 0.487 e. The number of hydrogen-bond donors (Lipinski definition) is 0. The van der Waals surface area contributed by atoms with Gasteiger partial charge in [-0.05, 0) is 55.8 Å². The molecular weight excluding hydrogens is 364 g/mol. The Hall–Kier alpha value is -2.24. The molecular formula is C21H23ClN2O3. The van der Waals surface area contributed by atoms with Crippen LogP contribution in [-0.4, -0.2) is 44.9 Å². The lowest BCUT2D eigenvalue weighted by atomic mass is 10.1. The van der Waals surface area contributed by atoms with E-state index in [2.05, 4.69) is 4.90 Å². The molecule has 6 heteroatoms. The molecule has 1 atom stereocenters. The van der Waals surface area contributed by atoms with Gasteiger partial charge in [0, 0.05) is 29.4 Å². The number of anilines is 2. The molecule has 1 saturated heterocycles. The molecule has 2 aliphatic heterocycles. The number of nitrogens with zero attached hydrogens (tertiary/aromatic N) is 2. The first-order valence-electron chi connectivity index (χ1n) is 9.24. The van der Waals surface area contributed by atoms with Gasteiger partial charge in [-0.2, -0.15) is 0 Å². The molecule has 2 aromatic carbocycles. The normalized spacial score (nSPS) is 19.4. The van der Waals surface area contributed by atoms with Crippen LogP contribution in [0, 0.1) is 6.92 Å². The summed E-state index contributed by atoms with van der Waals surface area (Å²) >= 11 is 6.15. The van der Waals surface area contributed by atoms with Crippen molar-refractivity contribution in [3.63, 3.8) is 0 Å². The van der Waals surface area contributed by atoms with Crippen molar-refractivity contribution in [3.05, 3.63) is 52.5 Å². The number of amides is 1. The SMILES string of the molecule is Cc1cc(C(=O)N2C[C@H](C)Oc3ccc(Cl)cc32)ccc1N1CCOCC1. The number of hydrogen-bond acceptors (Lipinski definition) is 4. The molecule has 0 bridgehead atoms. The highest BCUT2D eigenvalue weighted by molar-refractivity contribution is 6.31. The van der Waals surface area contributed by atoms with E-state index in [4.69, 9.17) is 21.1 Å². The van der Waals surface area contributed by atoms with E-state index in [0.717, 1.165) is 43.2 Å². The van der Waals surface area contributed by atoms with E-state index in [1.807, 2.05) is 38.1 Å². The highest BCUT2D eigenvalue weighted by Crippen LogP contribution is 2.36. The van der Waals surface area contributed by atoms with Gasteiger partial charge in [0.15, 0.2) is 0 Å². The predicted molar refractivity (Wildman–Crippen MR) is 107 cm³/mol. The second-order valence-electron chi connectivity index (χ2n) is 7.06. The van der Waals surface area contributed by atoms with E-state index in [9.17, 15) is 4.79 Å². The summed E-state index contributed by atoms with van der Waals surface area (Å²) in [5.41, 5.74) is 3.65. The number of fused-ring (bicyclic) bond motifs is 1. The number of carbonyl (C=O) groups is 1. The zero-order valence-electron chi connectivity index (χ0n) is 15.6. The van der Waals surface area contributed by atoms with E-state index in [1.165, 1.54) is 0 Å². The molecule has 0 aliphatic carbocycles. The zero-order chi connectivity index (χ0) is 19.0. The second kappa shape index (κ2) is 7.41. The molecule has 2 aromatic rings. The summed E-state index contributed by atoms with van der Waals surface area (Å²) in [4.78, 5) is 17.3. The lowest BCUT2D eigenvalue weighted by Crippen LogP contribution is -2.42. The van der Waals surface area contributed by atoms with Crippen molar-refractivity contribution in [2.75, 3.05) is 42.6 Å². The molecule has 1 amide bonds. The molecule has 1 fully saturated rings. The van der Waals surface area contributed by atoms with Crippen molar-refractivity contribution in [3.8, 4) is 5.75 Å². The Bertz CT molecular complexity index is 865. The summed E-state index contributed by atoms with van der Waals surface area (Å²) in [6.07, 6.45) is -0.0728. The summed E-state index contributed by atoms with van der Waals surface area (Å²) < 4.78 is 11.3. The topological polar surface area (TPSA) is 42.0 Å². The minimum atomic E-state index is -0.0728. The number of ether oxygens (including phenoxy) is 2. The molecule has 27 heavy (non-hydrogen) atoms. The quantitative estimate of drug-likeness (QED) is 0.784. The van der Waals surface area contributed by atoms with Gasteiger partial charge < -0.3 is 19.3 Å². The average molecular weight is 387 g/mol. The Kier molecular flexibility index (Phi) is 4.98. The molecule has 2 aliphatic rings. The summed E-state index contributed by atoms with van der Waals surface area (Å²) in [7, 11) is 0. The van der Waals surface area contributed by atoms with E-state index >= 15 is 0 Å². The number of rotatable bonds is 2. The van der Waals surface area contributed by atoms with E-state index in [1.54, 1.807) is 17.0 Å². The molecule has 0 N–H and O–H groups in total. The Morgan fingerprint density at radius 2 is 1.89 bits per heavy atom. The third-order valence-corrected chi connectivity index (χ3v) is 5.26. The van der Waals surface area contributed by atoms with Crippen molar-refractivity contribution in [2.24, 2.45) is 0 Å². The fraction of sp³-hybridized carbons (Fsp3) is 0.381. The fourth-order valence-corrected chi connectivity index (χ4v) is 3.87. The maximum absolute atomic E-state index is 13.3. The van der Waals surface area contributed by atoms with E-state index < -0.39 is 0 Å². The highest BCUT2D eigenvalue weighted by Gasteiger charge is 2.29. The van der Waals surface area contributed by atoms with Gasteiger partial charge >= 0.3 is 0 Å². The van der Waals surface area contributed by atoms with Crippen molar-refractivity contribution < 1.29 is 14.3 Å². The van der Waals surface area contributed by atoms with Crippen LogP contribution in [0.5, 0.6) is 5.75 Å². The van der Waals surface area contributed by atoms with Gasteiger partial charge in [0.1, 0.15) is 11.9 Å². The smallest absolute Gasteiger partial charge is 0.258 e. The van der Waals surface area contributed by atoms with Crippen LogP contribution < -0.4 is 14.5 Å². The van der Waals surface area contributed by atoms with Crippen molar-refractivity contribution in [1.82, 2.24) is 0 Å². The number of benzene rings is 2. The van der Waals surface area contributed by atoms with Crippen molar-refractivity contribution >= 4 is 28.9 Å². The first-order valence-corrected chi connectivity index (χ1v) is 9.62. The van der Waals surface area contributed by atoms with Crippen LogP contribution in [0.3, 0.4) is 0 Å². The highest BCUT2D eigenvalue weighted by atomic mass is 35.5. The molecule has 142 valence electrons. The molecule has 2 heterocycles. The molecule has 0 unspecified atom stereocenters. The number of halogens is 1. The Morgan fingerprint density at radius 3 is 2.63 bits per heavy atom. The maximum atomic E-state index is 13.3. The third-order valence-electron chi connectivity index (χ3n) is 5.02. The maximum Gasteiger partial charge on any atom is 0.258 e. The lowest BCUT2D eigenvalue weighted by Gasteiger charge is -2.34. The van der Waals surface area contributed by atoms with Gasteiger partial charge in [-0.25, -0.2) is 0 Å². The zero-order valence-corrected chi connectivity index (χ0v) is 16.3. The first-order chi connectivity index (χ1) is 13.0. The lowest BCUT2D eigenvalue weighted by molar-refractivity contribution is 0.0961. The molecule has 0 spiro atoms. The minimum Gasteiger partial charge on any atom is -0.487 e. The minimum absolute atomic E-state index is 0.0368. The van der Waals surface area contributed by atoms with Crippen LogP contribution in [0.2, 0.25) is 5.02 Å². The van der Waals surface area contributed by atoms with Gasteiger partial charge in [-0.15, -0.1) is 0 Å². The Morgan fingerprint density at radius 1 is 1.11 bits per heavy atom. The van der Waals surface area contributed by atoms with Crippen LogP contribution in [0.25, 0.3) is 0 Å². The Labute approximate surface area is 164 Å². The molecule has 4 rings (SSSR count). The third kappa shape index (κ3) is 3.62. The standard InChI is InChI=1S/C21H23ClN2O3/c1-14-11-16(3-5-18(14)23-7-9-26-10-8-23)21(25)24-13-15(2)27-20-6-4-17(22)12-19(20)24/h3-6,11-12,15H,7-10,13H2,1-2H3/t15-/m0/s1. The van der Waals surface area contributed by atoms with Gasteiger partial charge in [-0.1, -0.05) is 11.6 Å². The summed E-state index contributed by atoms with van der Waals surface area (Å²) in [6.45, 7) is 7.74. The van der Waals surface area contributed by atoms with Crippen LogP contribution in [0.15, 0.2) is 36.4 Å². The molecule has 0 saturated carbocycles. The van der Waals surface area contributed by atoms with Gasteiger partial charge in [0.05, 0.1) is 25.4 Å². The summed E-state index contributed by atoms with van der Waals surface area (Å²) in [5, 5.41) is 0.587. The molecule has 0 aromatic heterocycles. The average Bonchev–Trinajstić information content (AvgIpc) is 2.67. The number of morpholine rings is 1. The van der Waals surface area contributed by atoms with E-state index in [-0.39, 0.29) is 12.0 Å². The van der Waals surface area contributed by atoms with E-state index in [0.29, 0.717) is 22.9 Å². The molecule has 0 radical (unpaired) electrons. The van der Waals surface area contributed by atoms with Crippen LogP contribution >= 0.6 is 11.6 Å². The summed E-state index contributed by atoms with van der Waals surface area (Å²) in [6, 6.07) is 11.3. The number of carbonyl (C=O) groups excluding carboxylic acids is 1. The summed E-state index contributed by atoms with van der Waals surface area (Å²) in [5.74, 6) is 0.651. The monoisotopic (exact) mass is 386 g/mol. The number of aryl methyl sites for hydroxylation is 1. The van der Waals surface area contributed by atoms with Crippen molar-refractivity contribution in [1.29, 1.82) is 0 Å². The fourth-order valence-electron chi connectivity index (χ4n) is 3.71. The van der Waals surface area contributed by atoms with Crippen LogP contribution in [0.1, 0.15) is 22.8 Å².